The molecule has 3 aliphatic carbocycles. The Balaban J connectivity index is 1.23. The van der Waals surface area contributed by atoms with Crippen LogP contribution in [0.5, 0.6) is 0 Å². The van der Waals surface area contributed by atoms with Gasteiger partial charge in [0.15, 0.2) is 0 Å². The molecule has 18 nitrogen and oxygen atoms in total. The van der Waals surface area contributed by atoms with Crippen molar-refractivity contribution in [3.63, 3.8) is 0 Å². The maximum Gasteiger partial charge on any atom is 0.407 e. The molecule has 0 saturated carbocycles. The predicted octanol–water partition coefficient (Wildman–Crippen LogP) is 13.1. The van der Waals surface area contributed by atoms with Gasteiger partial charge in [-0.15, -0.1) is 0 Å². The molecule has 4 aliphatic rings. The minimum Gasteiger partial charge on any atom is -0.444 e. The Kier molecular flexibility index (Phi) is 26.4. The Bertz CT molecular complexity index is 2660. The lowest BCUT2D eigenvalue weighted by Crippen LogP contribution is -2.44. The lowest BCUT2D eigenvalue weighted by atomic mass is 9.51. The van der Waals surface area contributed by atoms with Gasteiger partial charge in [0, 0.05) is 99.3 Å². The van der Waals surface area contributed by atoms with E-state index in [1.165, 1.54) is 25.7 Å². The zero-order valence-corrected chi connectivity index (χ0v) is 51.9. The Morgan fingerprint density at radius 2 is 1.08 bits per heavy atom. The molecule has 2 atom stereocenters. The largest absolute Gasteiger partial charge is 0.444 e. The van der Waals surface area contributed by atoms with Crippen LogP contribution in [-0.2, 0) is 38.9 Å². The third kappa shape index (κ3) is 19.3. The molecule has 4 N–H and O–H groups in total. The minimum absolute atomic E-state index is 0.0455. The quantitative estimate of drug-likeness (QED) is 0.0188. The van der Waals surface area contributed by atoms with E-state index in [9.17, 15) is 28.8 Å². The van der Waals surface area contributed by atoms with Crippen LogP contribution in [0.2, 0.25) is 0 Å². The fourth-order valence-electron chi connectivity index (χ4n) is 12.3. The van der Waals surface area contributed by atoms with Crippen molar-refractivity contribution in [1.29, 1.82) is 0 Å². The standard InChI is InChI=1S/C66H98N10O8/c1-9-11-13-15-18-22-26-58(77)69-47-29-32-51-54(42-47)66(36-35-61(80)74(6)38-40-83-41-39-75(7)63(81)57-45-50(72-73-67)46-76(57)8)55-43-48(70-59(78)27-23-19-16-14-12-10-2)30-33-52(55)62(51)53-34-31-49(44-56(53)66)71-60(79)28-24-20-17-21-25-37-68-64(82)84-65(3,4)5/h29-34,42-44,50,57,62H,9-28,35-41,45-46H2,1-8H3,(H,68,82)(H,69,77)(H,70,78)(H,71,79)/t50-,57-,62?,66?/m1/s1. The SMILES string of the molecule is CCCCCCCCC(=O)Nc1ccc2c(c1)C1(CCC(=O)N(C)CCOCCN(C)C(=O)[C@H]3C[C@@H](N=[N+]=[N-])CN3C)c3cc(NC(=O)CCCCCCCC)ccc3C2c2ccc(NC(=O)CCCCCCCNC(=O)OC(C)(C)C)cc21. The zero-order chi connectivity index (χ0) is 60.7. The van der Waals surface area contributed by atoms with E-state index in [0.717, 1.165) is 110 Å². The second-order valence-electron chi connectivity index (χ2n) is 24.6. The number of nitrogens with zero attached hydrogens (tertiary/aromatic N) is 6. The van der Waals surface area contributed by atoms with Crippen molar-refractivity contribution in [3.8, 4) is 0 Å². The van der Waals surface area contributed by atoms with Crippen molar-refractivity contribution < 1.29 is 38.2 Å². The maximum atomic E-state index is 14.6. The topological polar surface area (TPSA) is 227 Å². The number of benzene rings is 3. The lowest BCUT2D eigenvalue weighted by Gasteiger charge is -2.51. The molecular weight excluding hydrogens is 1060 g/mol. The molecule has 3 aromatic carbocycles. The summed E-state index contributed by atoms with van der Waals surface area (Å²) in [7, 11) is 5.37. The summed E-state index contributed by atoms with van der Waals surface area (Å²) in [5.41, 5.74) is 15.5. The second kappa shape index (κ2) is 33.3. The van der Waals surface area contributed by atoms with Crippen LogP contribution in [0.25, 0.3) is 10.4 Å². The highest BCUT2D eigenvalue weighted by atomic mass is 16.6. The van der Waals surface area contributed by atoms with E-state index in [2.05, 4.69) is 81.5 Å². The van der Waals surface area contributed by atoms with Crippen LogP contribution in [-0.4, -0.2) is 129 Å². The number of nitrogens with one attached hydrogen (secondary N) is 4. The van der Waals surface area contributed by atoms with Crippen molar-refractivity contribution >= 4 is 52.7 Å². The molecule has 7 rings (SSSR count). The van der Waals surface area contributed by atoms with E-state index in [1.807, 2.05) is 50.9 Å². The number of amides is 6. The zero-order valence-electron chi connectivity index (χ0n) is 51.9. The Morgan fingerprint density at radius 3 is 1.54 bits per heavy atom. The highest BCUT2D eigenvalue weighted by molar-refractivity contribution is 5.94. The Hall–Kier alpha value is -6.49. The van der Waals surface area contributed by atoms with Crippen molar-refractivity contribution in [1.82, 2.24) is 20.0 Å². The molecule has 3 aromatic rings. The summed E-state index contributed by atoms with van der Waals surface area (Å²) in [4.78, 5) is 89.1. The van der Waals surface area contributed by atoms with Crippen molar-refractivity contribution in [2.24, 2.45) is 5.11 Å². The first-order valence-corrected chi connectivity index (χ1v) is 31.5. The van der Waals surface area contributed by atoms with Crippen molar-refractivity contribution in [2.45, 2.75) is 211 Å². The van der Waals surface area contributed by atoms with Gasteiger partial charge in [-0.2, -0.15) is 0 Å². The number of unbranched alkanes of at least 4 members (excludes halogenated alkanes) is 14. The average Bonchev–Trinajstić information content (AvgIpc) is 0.775. The molecule has 6 amide bonds. The molecule has 18 heteroatoms. The van der Waals surface area contributed by atoms with Crippen molar-refractivity contribution in [2.75, 3.05) is 76.5 Å². The molecule has 1 saturated heterocycles. The van der Waals surface area contributed by atoms with E-state index in [-0.39, 0.29) is 67.2 Å². The van der Waals surface area contributed by atoms with Gasteiger partial charge in [-0.25, -0.2) is 4.79 Å². The second-order valence-corrected chi connectivity index (χ2v) is 24.6. The molecule has 2 bridgehead atoms. The van der Waals surface area contributed by atoms with Crippen molar-refractivity contribution in [3.05, 3.63) is 98.4 Å². The van der Waals surface area contributed by atoms with Gasteiger partial charge < -0.3 is 40.5 Å². The highest BCUT2D eigenvalue weighted by Crippen LogP contribution is 2.62. The van der Waals surface area contributed by atoms with Gasteiger partial charge in [-0.1, -0.05) is 121 Å². The smallest absolute Gasteiger partial charge is 0.407 e. The summed E-state index contributed by atoms with van der Waals surface area (Å²) in [5, 5.41) is 16.3. The third-order valence-corrected chi connectivity index (χ3v) is 16.8. The van der Waals surface area contributed by atoms with Crippen LogP contribution in [0.1, 0.15) is 222 Å². The first kappa shape index (κ1) is 66.6. The van der Waals surface area contributed by atoms with Gasteiger partial charge in [0.2, 0.25) is 29.5 Å². The van der Waals surface area contributed by atoms with Gasteiger partial charge in [-0.05, 0) is 142 Å². The number of likely N-dealkylation sites (tertiary alicyclic amines) is 1. The molecule has 1 aliphatic heterocycles. The summed E-state index contributed by atoms with van der Waals surface area (Å²) in [6, 6.07) is 17.9. The number of anilines is 3. The number of rotatable bonds is 36. The third-order valence-electron chi connectivity index (χ3n) is 16.8. The number of azide groups is 1. The molecule has 84 heavy (non-hydrogen) atoms. The summed E-state index contributed by atoms with van der Waals surface area (Å²) >= 11 is 0. The van der Waals surface area contributed by atoms with E-state index >= 15 is 0 Å². The van der Waals surface area contributed by atoms with E-state index < -0.39 is 17.1 Å². The minimum atomic E-state index is -0.952. The number of ether oxygens (including phenoxy) is 2. The molecule has 1 heterocycles. The van der Waals surface area contributed by atoms with Crippen LogP contribution >= 0.6 is 0 Å². The summed E-state index contributed by atoms with van der Waals surface area (Å²) in [5.74, 6) is -0.535. The predicted molar refractivity (Wildman–Crippen MR) is 333 cm³/mol. The van der Waals surface area contributed by atoms with Gasteiger partial charge in [0.25, 0.3) is 0 Å². The molecule has 460 valence electrons. The van der Waals surface area contributed by atoms with E-state index in [4.69, 9.17) is 15.0 Å². The van der Waals surface area contributed by atoms with Gasteiger partial charge in [0.1, 0.15) is 5.60 Å². The molecule has 0 aromatic heterocycles. The molecular formula is C66H98N10O8. The number of carbonyl (C=O) groups excluding carboxylic acids is 6. The first-order chi connectivity index (χ1) is 40.4. The fraction of sp³-hybridized carbons (Fsp3) is 0.636. The van der Waals surface area contributed by atoms with Crippen LogP contribution in [0, 0.1) is 0 Å². The Labute approximate surface area is 500 Å². The number of hydrogen-bond acceptors (Lipinski definition) is 10. The van der Waals surface area contributed by atoms with Gasteiger partial charge >= 0.3 is 6.09 Å². The number of alkyl carbamates (subject to hydrolysis) is 1. The maximum absolute atomic E-state index is 14.6. The van der Waals surface area contributed by atoms with Crippen LogP contribution in [0.15, 0.2) is 59.7 Å². The number of carbonyl (C=O) groups is 6. The highest BCUT2D eigenvalue weighted by Gasteiger charge is 2.52. The van der Waals surface area contributed by atoms with Gasteiger partial charge in [0.05, 0.1) is 25.3 Å². The first-order valence-electron chi connectivity index (χ1n) is 31.5. The number of likely N-dealkylation sites (N-methyl/N-ethyl adjacent to an activating group) is 3. The lowest BCUT2D eigenvalue weighted by molar-refractivity contribution is -0.135. The van der Waals surface area contributed by atoms with Crippen LogP contribution in [0.4, 0.5) is 21.9 Å². The Morgan fingerprint density at radius 1 is 0.643 bits per heavy atom. The van der Waals surface area contributed by atoms with E-state index in [0.29, 0.717) is 81.8 Å². The average molecular weight is 1160 g/mol. The molecule has 0 unspecified atom stereocenters. The monoisotopic (exact) mass is 1160 g/mol. The normalized spacial score (nSPS) is 17.5. The van der Waals surface area contributed by atoms with Crippen LogP contribution < -0.4 is 21.3 Å². The van der Waals surface area contributed by atoms with Gasteiger partial charge in [-0.3, -0.25) is 28.9 Å². The summed E-state index contributed by atoms with van der Waals surface area (Å²) in [6.45, 7) is 12.2. The fourth-order valence-corrected chi connectivity index (χ4v) is 12.3. The molecule has 0 radical (unpaired) electrons. The molecule has 0 spiro atoms. The van der Waals surface area contributed by atoms with Crippen LogP contribution in [0.3, 0.4) is 0 Å². The summed E-state index contributed by atoms with van der Waals surface area (Å²) < 4.78 is 11.4. The number of hydrogen-bond donors (Lipinski definition) is 4. The van der Waals surface area contributed by atoms with E-state index in [1.54, 1.807) is 23.9 Å². The molecule has 1 fully saturated rings. The summed E-state index contributed by atoms with van der Waals surface area (Å²) in [6.07, 6.45) is 18.8.